The summed E-state index contributed by atoms with van der Waals surface area (Å²) in [5.74, 6) is 1.08. The molecule has 0 N–H and O–H groups in total. The van der Waals surface area contributed by atoms with Crippen molar-refractivity contribution in [2.75, 3.05) is 66.2 Å². The summed E-state index contributed by atoms with van der Waals surface area (Å²) in [5.41, 5.74) is 0.523. The molecule has 0 bridgehead atoms. The molecule has 0 aliphatic carbocycles. The summed E-state index contributed by atoms with van der Waals surface area (Å²) in [4.78, 5) is 16.5. The lowest BCUT2D eigenvalue weighted by atomic mass is 10.1. The average Bonchev–Trinajstić information content (AvgIpc) is 3.15. The van der Waals surface area contributed by atoms with E-state index in [1.807, 2.05) is 7.05 Å². The standard InChI is InChI=1S/C17H24N4O5S/c1-18-4-8-20(9-5-18)27(23,24)21-10-6-19(7-11-21)17(22)14-2-3-15-16(12-14)26-13-25-15/h2-3,12H,4-11,13H2,1H3. The highest BCUT2D eigenvalue weighted by Gasteiger charge is 2.35. The van der Waals surface area contributed by atoms with Crippen molar-refractivity contribution in [2.24, 2.45) is 0 Å². The minimum Gasteiger partial charge on any atom is -0.454 e. The van der Waals surface area contributed by atoms with Crippen LogP contribution in [0.15, 0.2) is 18.2 Å². The lowest BCUT2D eigenvalue weighted by Gasteiger charge is -2.39. The molecule has 0 atom stereocenters. The number of nitrogens with zero attached hydrogens (tertiary/aromatic N) is 4. The van der Waals surface area contributed by atoms with Crippen molar-refractivity contribution >= 4 is 16.1 Å². The van der Waals surface area contributed by atoms with Gasteiger partial charge in [0.1, 0.15) is 0 Å². The van der Waals surface area contributed by atoms with Crippen molar-refractivity contribution in [3.05, 3.63) is 23.8 Å². The van der Waals surface area contributed by atoms with Crippen LogP contribution in [0, 0.1) is 0 Å². The minimum absolute atomic E-state index is 0.120. The lowest BCUT2D eigenvalue weighted by Crippen LogP contribution is -2.57. The molecule has 0 radical (unpaired) electrons. The van der Waals surface area contributed by atoms with E-state index in [0.29, 0.717) is 56.3 Å². The molecule has 10 heteroatoms. The van der Waals surface area contributed by atoms with Gasteiger partial charge in [-0.25, -0.2) is 0 Å². The smallest absolute Gasteiger partial charge is 0.282 e. The Morgan fingerprint density at radius 3 is 2.15 bits per heavy atom. The van der Waals surface area contributed by atoms with Gasteiger partial charge in [-0.15, -0.1) is 0 Å². The molecule has 0 spiro atoms. The monoisotopic (exact) mass is 396 g/mol. The molecular weight excluding hydrogens is 372 g/mol. The summed E-state index contributed by atoms with van der Waals surface area (Å²) < 4.78 is 39.3. The Kier molecular flexibility index (Phi) is 4.97. The number of hydrogen-bond donors (Lipinski definition) is 0. The second kappa shape index (κ2) is 7.27. The highest BCUT2D eigenvalue weighted by atomic mass is 32.2. The van der Waals surface area contributed by atoms with Crippen LogP contribution in [0.4, 0.5) is 0 Å². The maximum absolute atomic E-state index is 12.8. The van der Waals surface area contributed by atoms with Crippen molar-refractivity contribution in [1.29, 1.82) is 0 Å². The summed E-state index contributed by atoms with van der Waals surface area (Å²) in [6, 6.07) is 5.12. The maximum Gasteiger partial charge on any atom is 0.282 e. The molecule has 0 unspecified atom stereocenters. The van der Waals surface area contributed by atoms with E-state index < -0.39 is 10.2 Å². The van der Waals surface area contributed by atoms with Crippen LogP contribution < -0.4 is 9.47 Å². The topological polar surface area (TPSA) is 82.6 Å². The molecule has 1 amide bonds. The van der Waals surface area contributed by atoms with E-state index in [0.717, 1.165) is 13.1 Å². The van der Waals surface area contributed by atoms with Crippen molar-refractivity contribution in [2.45, 2.75) is 0 Å². The van der Waals surface area contributed by atoms with Gasteiger partial charge in [0, 0.05) is 57.9 Å². The molecule has 3 heterocycles. The number of carbonyl (C=O) groups is 1. The summed E-state index contributed by atoms with van der Waals surface area (Å²) >= 11 is 0. The van der Waals surface area contributed by atoms with Crippen molar-refractivity contribution in [1.82, 2.24) is 18.4 Å². The predicted molar refractivity (Wildman–Crippen MR) is 98.0 cm³/mol. The number of ether oxygens (including phenoxy) is 2. The second-order valence-electron chi connectivity index (χ2n) is 6.97. The molecule has 0 aromatic heterocycles. The molecule has 1 aromatic carbocycles. The van der Waals surface area contributed by atoms with Gasteiger partial charge in [0.25, 0.3) is 16.1 Å². The van der Waals surface area contributed by atoms with Crippen molar-refractivity contribution < 1.29 is 22.7 Å². The number of piperazine rings is 2. The van der Waals surface area contributed by atoms with E-state index in [4.69, 9.17) is 9.47 Å². The third-order valence-corrected chi connectivity index (χ3v) is 7.30. The van der Waals surface area contributed by atoms with Gasteiger partial charge < -0.3 is 19.3 Å². The van der Waals surface area contributed by atoms with Crippen LogP contribution in [0.25, 0.3) is 0 Å². The van der Waals surface area contributed by atoms with Gasteiger partial charge in [-0.2, -0.15) is 17.0 Å². The zero-order valence-electron chi connectivity index (χ0n) is 15.3. The van der Waals surface area contributed by atoms with Crippen LogP contribution in [-0.2, 0) is 10.2 Å². The zero-order chi connectivity index (χ0) is 19.0. The van der Waals surface area contributed by atoms with Gasteiger partial charge in [0.2, 0.25) is 6.79 Å². The van der Waals surface area contributed by atoms with E-state index >= 15 is 0 Å². The number of likely N-dealkylation sites (N-methyl/N-ethyl adjacent to an activating group) is 1. The number of benzene rings is 1. The van der Waals surface area contributed by atoms with Crippen LogP contribution >= 0.6 is 0 Å². The molecule has 1 aromatic rings. The molecular formula is C17H24N4O5S. The fourth-order valence-electron chi connectivity index (χ4n) is 3.52. The fraction of sp³-hybridized carbons (Fsp3) is 0.588. The van der Waals surface area contributed by atoms with Crippen molar-refractivity contribution in [3.8, 4) is 11.5 Å². The SMILES string of the molecule is CN1CCN(S(=O)(=O)N2CCN(C(=O)c3ccc4c(c3)OCO4)CC2)CC1. The fourth-order valence-corrected chi connectivity index (χ4v) is 5.09. The van der Waals surface area contributed by atoms with Gasteiger partial charge in [0.15, 0.2) is 11.5 Å². The van der Waals surface area contributed by atoms with E-state index in [-0.39, 0.29) is 12.7 Å². The Balaban J connectivity index is 1.38. The Morgan fingerprint density at radius 2 is 1.48 bits per heavy atom. The van der Waals surface area contributed by atoms with Crippen LogP contribution in [0.2, 0.25) is 0 Å². The Labute approximate surface area is 159 Å². The lowest BCUT2D eigenvalue weighted by molar-refractivity contribution is 0.0692. The number of fused-ring (bicyclic) bond motifs is 1. The van der Waals surface area contributed by atoms with Crippen LogP contribution in [0.3, 0.4) is 0 Å². The predicted octanol–water partition coefficient (Wildman–Crippen LogP) is -0.335. The zero-order valence-corrected chi connectivity index (χ0v) is 16.2. The molecule has 2 fully saturated rings. The van der Waals surface area contributed by atoms with Gasteiger partial charge in [-0.3, -0.25) is 4.79 Å². The molecule has 3 aliphatic rings. The number of hydrogen-bond acceptors (Lipinski definition) is 6. The molecule has 9 nitrogen and oxygen atoms in total. The summed E-state index contributed by atoms with van der Waals surface area (Å²) in [5, 5.41) is 0. The first-order valence-corrected chi connectivity index (χ1v) is 10.5. The molecule has 27 heavy (non-hydrogen) atoms. The van der Waals surface area contributed by atoms with Gasteiger partial charge in [-0.05, 0) is 25.2 Å². The van der Waals surface area contributed by atoms with E-state index in [2.05, 4.69) is 4.90 Å². The average molecular weight is 396 g/mol. The van der Waals surface area contributed by atoms with E-state index in [1.165, 1.54) is 4.31 Å². The van der Waals surface area contributed by atoms with Crippen LogP contribution in [-0.4, -0.2) is 98.9 Å². The summed E-state index contributed by atoms with van der Waals surface area (Å²) in [6.45, 7) is 4.03. The first kappa shape index (κ1) is 18.5. The summed E-state index contributed by atoms with van der Waals surface area (Å²) in [6.07, 6.45) is 0. The minimum atomic E-state index is -3.46. The van der Waals surface area contributed by atoms with E-state index in [1.54, 1.807) is 27.4 Å². The largest absolute Gasteiger partial charge is 0.454 e. The van der Waals surface area contributed by atoms with Crippen LogP contribution in [0.5, 0.6) is 11.5 Å². The Morgan fingerprint density at radius 1 is 0.889 bits per heavy atom. The van der Waals surface area contributed by atoms with E-state index in [9.17, 15) is 13.2 Å². The quantitative estimate of drug-likeness (QED) is 0.696. The first-order chi connectivity index (χ1) is 12.9. The first-order valence-electron chi connectivity index (χ1n) is 9.08. The van der Waals surface area contributed by atoms with Gasteiger partial charge >= 0.3 is 0 Å². The molecule has 148 valence electrons. The number of amides is 1. The Hall–Kier alpha value is -1.88. The van der Waals surface area contributed by atoms with Gasteiger partial charge in [-0.1, -0.05) is 0 Å². The molecule has 0 saturated carbocycles. The third-order valence-electron chi connectivity index (χ3n) is 5.26. The van der Waals surface area contributed by atoms with Crippen molar-refractivity contribution in [3.63, 3.8) is 0 Å². The number of carbonyl (C=O) groups excluding carboxylic acids is 1. The highest BCUT2D eigenvalue weighted by Crippen LogP contribution is 2.33. The maximum atomic E-state index is 12.8. The third kappa shape index (κ3) is 3.62. The normalized spacial score (nSPS) is 22.2. The second-order valence-corrected chi connectivity index (χ2v) is 8.90. The molecule has 3 aliphatic heterocycles. The van der Waals surface area contributed by atoms with Gasteiger partial charge in [0.05, 0.1) is 0 Å². The Bertz CT molecular complexity index is 815. The van der Waals surface area contributed by atoms with Crippen LogP contribution in [0.1, 0.15) is 10.4 Å². The molecule has 2 saturated heterocycles. The highest BCUT2D eigenvalue weighted by molar-refractivity contribution is 7.86. The summed E-state index contributed by atoms with van der Waals surface area (Å²) in [7, 11) is -1.47. The number of rotatable bonds is 3. The molecule has 4 rings (SSSR count).